The van der Waals surface area contributed by atoms with Crippen molar-refractivity contribution in [3.63, 3.8) is 0 Å². The van der Waals surface area contributed by atoms with Crippen LogP contribution in [0.5, 0.6) is 0 Å². The quantitative estimate of drug-likeness (QED) is 0.354. The van der Waals surface area contributed by atoms with Crippen LogP contribution in [0.15, 0.2) is 24.2 Å². The van der Waals surface area contributed by atoms with Crippen molar-refractivity contribution in [2.45, 2.75) is 5.00 Å². The van der Waals surface area contributed by atoms with Crippen LogP contribution in [0.3, 0.4) is 0 Å². The zero-order valence-corrected chi connectivity index (χ0v) is 5.73. The molecule has 0 bridgehead atoms. The number of halogens is 2. The van der Waals surface area contributed by atoms with Gasteiger partial charge in [0, 0.05) is 0 Å². The van der Waals surface area contributed by atoms with Crippen molar-refractivity contribution >= 4 is 17.9 Å². The van der Waals surface area contributed by atoms with Crippen molar-refractivity contribution in [2.75, 3.05) is 0 Å². The Morgan fingerprint density at radius 3 is 2.90 bits per heavy atom. The van der Waals surface area contributed by atoms with Crippen molar-refractivity contribution in [3.05, 3.63) is 24.2 Å². The maximum Gasteiger partial charge on any atom is 0.189 e. The van der Waals surface area contributed by atoms with Gasteiger partial charge in [0.2, 0.25) is 0 Å². The normalized spacial score (nSPS) is 30.8. The van der Waals surface area contributed by atoms with Crippen LogP contribution in [-0.2, 0) is 4.79 Å². The molecule has 2 nitrogen and oxygen atoms in total. The first-order valence-electron chi connectivity index (χ1n) is 2.65. The molecule has 1 rings (SSSR count). The molecule has 54 valence electrons. The van der Waals surface area contributed by atoms with E-state index in [9.17, 15) is 9.18 Å². The third-order valence-corrected chi connectivity index (χ3v) is 1.37. The largest absolute Gasteiger partial charge is 0.334 e. The van der Waals surface area contributed by atoms with Gasteiger partial charge >= 0.3 is 0 Å². The molecule has 1 aliphatic rings. The Morgan fingerprint density at radius 1 is 1.80 bits per heavy atom. The maximum absolute atomic E-state index is 12.3. The Bertz CT molecular complexity index is 214. The molecule has 10 heavy (non-hydrogen) atoms. The summed E-state index contributed by atoms with van der Waals surface area (Å²) in [4.78, 5) is 8.80. The van der Waals surface area contributed by atoms with Gasteiger partial charge in [0.25, 0.3) is 0 Å². The number of hydrogen-bond acceptors (Lipinski definition) is 2. The fraction of sp³-hybridized carbons (Fsp3) is 0.167. The lowest BCUT2D eigenvalue weighted by atomic mass is 10.2. The summed E-state index contributed by atoms with van der Waals surface area (Å²) < 4.78 is 12.3. The van der Waals surface area contributed by atoms with E-state index in [1.54, 1.807) is 0 Å². The Labute approximate surface area is 62.4 Å². The Balaban J connectivity index is 2.80. The molecule has 1 heterocycles. The summed E-state index contributed by atoms with van der Waals surface area (Å²) in [6.07, 6.45) is 4.36. The van der Waals surface area contributed by atoms with Gasteiger partial charge in [-0.15, -0.1) is 0 Å². The average molecular weight is 162 g/mol. The molecule has 0 fully saturated rings. The molecule has 1 unspecified atom stereocenters. The molecular formula is C6H5ClFNO. The van der Waals surface area contributed by atoms with Gasteiger partial charge in [-0.25, -0.2) is 0 Å². The molecule has 0 aromatic heterocycles. The topological polar surface area (TPSA) is 29.1 Å². The first kappa shape index (κ1) is 7.28. The van der Waals surface area contributed by atoms with Crippen molar-refractivity contribution in [1.82, 2.24) is 5.32 Å². The van der Waals surface area contributed by atoms with E-state index in [2.05, 4.69) is 5.32 Å². The molecule has 1 aliphatic heterocycles. The second-order valence-electron chi connectivity index (χ2n) is 1.88. The van der Waals surface area contributed by atoms with E-state index in [-0.39, 0.29) is 0 Å². The van der Waals surface area contributed by atoms with Crippen LogP contribution in [0.4, 0.5) is 4.39 Å². The van der Waals surface area contributed by atoms with Gasteiger partial charge in [-0.05, 0) is 12.2 Å². The zero-order valence-electron chi connectivity index (χ0n) is 4.97. The van der Waals surface area contributed by atoms with E-state index >= 15 is 0 Å². The van der Waals surface area contributed by atoms with E-state index in [4.69, 9.17) is 11.6 Å². The van der Waals surface area contributed by atoms with Crippen LogP contribution in [-0.4, -0.2) is 11.3 Å². The summed E-state index contributed by atoms with van der Waals surface area (Å²) in [7, 11) is 0. The van der Waals surface area contributed by atoms with Crippen LogP contribution in [0.25, 0.3) is 0 Å². The fourth-order valence-corrected chi connectivity index (χ4v) is 0.771. The zero-order chi connectivity index (χ0) is 7.61. The molecule has 0 radical (unpaired) electrons. The molecule has 0 saturated carbocycles. The summed E-state index contributed by atoms with van der Waals surface area (Å²) >= 11 is 5.51. The lowest BCUT2D eigenvalue weighted by molar-refractivity contribution is -0.109. The molecule has 4 heteroatoms. The number of alkyl halides is 1. The van der Waals surface area contributed by atoms with Gasteiger partial charge in [0.15, 0.2) is 17.2 Å². The molecule has 0 aromatic carbocycles. The number of hydrogen-bond donors (Lipinski definition) is 1. The van der Waals surface area contributed by atoms with Crippen LogP contribution in [0.2, 0.25) is 0 Å². The predicted octanol–water partition coefficient (Wildman–Crippen LogP) is 1.09. The maximum atomic E-state index is 12.3. The first-order valence-corrected chi connectivity index (χ1v) is 3.02. The SMILES string of the molecule is O=CC1(Cl)C=CC=C(F)N1. The third kappa shape index (κ3) is 1.36. The summed E-state index contributed by atoms with van der Waals surface area (Å²) in [6.45, 7) is 0. The van der Waals surface area contributed by atoms with Crippen LogP contribution < -0.4 is 5.32 Å². The Kier molecular flexibility index (Phi) is 1.76. The lowest BCUT2D eigenvalue weighted by Crippen LogP contribution is -2.39. The molecule has 0 aromatic rings. The van der Waals surface area contributed by atoms with Gasteiger partial charge in [-0.3, -0.25) is 4.79 Å². The first-order chi connectivity index (χ1) is 4.66. The minimum Gasteiger partial charge on any atom is -0.334 e. The number of carbonyl (C=O) groups is 1. The highest BCUT2D eigenvalue weighted by molar-refractivity contribution is 6.33. The second kappa shape index (κ2) is 2.42. The minimum atomic E-state index is -1.39. The second-order valence-corrected chi connectivity index (χ2v) is 2.51. The number of dihydropyridines is 1. The van der Waals surface area contributed by atoms with Crippen molar-refractivity contribution in [3.8, 4) is 0 Å². The summed E-state index contributed by atoms with van der Waals surface area (Å²) in [5.74, 6) is -0.607. The van der Waals surface area contributed by atoms with Crippen LogP contribution >= 0.6 is 11.6 Å². The van der Waals surface area contributed by atoms with Crippen molar-refractivity contribution in [2.24, 2.45) is 0 Å². The Morgan fingerprint density at radius 2 is 2.50 bits per heavy atom. The number of nitrogens with one attached hydrogen (secondary N) is 1. The van der Waals surface area contributed by atoms with Crippen LogP contribution in [0, 0.1) is 0 Å². The third-order valence-electron chi connectivity index (χ3n) is 1.06. The smallest absolute Gasteiger partial charge is 0.189 e. The van der Waals surface area contributed by atoms with Crippen LogP contribution in [0.1, 0.15) is 0 Å². The standard InChI is InChI=1S/C6H5ClFNO/c7-6(4-10)3-1-2-5(8)9-6/h1-4,9H. The minimum absolute atomic E-state index is 0.428. The molecule has 0 spiro atoms. The van der Waals surface area contributed by atoms with Gasteiger partial charge in [-0.1, -0.05) is 17.7 Å². The molecule has 0 amide bonds. The average Bonchev–Trinajstić information content (AvgIpc) is 1.88. The van der Waals surface area contributed by atoms with Gasteiger partial charge in [0.05, 0.1) is 0 Å². The van der Waals surface area contributed by atoms with Gasteiger partial charge in [0.1, 0.15) is 0 Å². The molecule has 0 aliphatic carbocycles. The fourth-order valence-electron chi connectivity index (χ4n) is 0.608. The summed E-state index contributed by atoms with van der Waals surface area (Å²) in [6, 6.07) is 0. The van der Waals surface area contributed by atoms with E-state index in [1.807, 2.05) is 0 Å². The van der Waals surface area contributed by atoms with Crippen molar-refractivity contribution < 1.29 is 9.18 Å². The highest BCUT2D eigenvalue weighted by Crippen LogP contribution is 2.16. The lowest BCUT2D eigenvalue weighted by Gasteiger charge is -2.19. The Hall–Kier alpha value is -0.830. The number of allylic oxidation sites excluding steroid dienone is 2. The summed E-state index contributed by atoms with van der Waals surface area (Å²) in [5, 5.41) is 2.15. The molecule has 1 N–H and O–H groups in total. The van der Waals surface area contributed by atoms with Crippen molar-refractivity contribution in [1.29, 1.82) is 0 Å². The number of carbonyl (C=O) groups excluding carboxylic acids is 1. The van der Waals surface area contributed by atoms with Gasteiger partial charge in [-0.2, -0.15) is 4.39 Å². The number of aldehydes is 1. The molecule has 0 saturated heterocycles. The monoisotopic (exact) mass is 161 g/mol. The number of rotatable bonds is 1. The molecular weight excluding hydrogens is 157 g/mol. The predicted molar refractivity (Wildman–Crippen MR) is 36.1 cm³/mol. The van der Waals surface area contributed by atoms with Gasteiger partial charge < -0.3 is 5.32 Å². The van der Waals surface area contributed by atoms with E-state index in [1.165, 1.54) is 18.2 Å². The highest BCUT2D eigenvalue weighted by atomic mass is 35.5. The molecule has 1 atom stereocenters. The highest BCUT2D eigenvalue weighted by Gasteiger charge is 2.25. The summed E-state index contributed by atoms with van der Waals surface area (Å²) in [5.41, 5.74) is 0. The van der Waals surface area contributed by atoms with E-state index < -0.39 is 10.9 Å². The van der Waals surface area contributed by atoms with E-state index in [0.717, 1.165) is 0 Å². The van der Waals surface area contributed by atoms with E-state index in [0.29, 0.717) is 6.29 Å².